The van der Waals surface area contributed by atoms with Crippen molar-refractivity contribution in [3.63, 3.8) is 0 Å². The number of nitrogens with one attached hydrogen (secondary N) is 1. The molecule has 1 saturated heterocycles. The van der Waals surface area contributed by atoms with Crippen LogP contribution in [0.1, 0.15) is 38.8 Å². The van der Waals surface area contributed by atoms with Crippen molar-refractivity contribution in [1.29, 1.82) is 0 Å². The van der Waals surface area contributed by atoms with Gasteiger partial charge in [0.15, 0.2) is 0 Å². The maximum atomic E-state index is 13.2. The average molecular weight is 483 g/mol. The Morgan fingerprint density at radius 3 is 2.36 bits per heavy atom. The first-order chi connectivity index (χ1) is 17.3. The fourth-order valence-corrected chi connectivity index (χ4v) is 4.50. The van der Waals surface area contributed by atoms with E-state index in [9.17, 15) is 14.4 Å². The van der Waals surface area contributed by atoms with Crippen LogP contribution >= 0.6 is 0 Å². The molecule has 1 aromatic heterocycles. The first kappa shape index (κ1) is 24.7. The molecule has 3 N–H and O–H groups in total. The first-order valence-corrected chi connectivity index (χ1v) is 11.9. The van der Waals surface area contributed by atoms with Crippen molar-refractivity contribution in [3.8, 4) is 0 Å². The Morgan fingerprint density at radius 2 is 1.72 bits per heavy atom. The Bertz CT molecular complexity index is 1420. The molecule has 2 heterocycles. The van der Waals surface area contributed by atoms with E-state index < -0.39 is 11.7 Å². The number of hydrogen-bond donors (Lipinski definition) is 2. The predicted octanol–water partition coefficient (Wildman–Crippen LogP) is 1.96. The maximum absolute atomic E-state index is 13.2. The molecule has 1 aliphatic heterocycles. The van der Waals surface area contributed by atoms with Gasteiger partial charge in [0.1, 0.15) is 0 Å². The zero-order valence-electron chi connectivity index (χ0n) is 20.5. The number of carbonyl (C=O) groups is 3. The minimum absolute atomic E-state index is 0.0803. The van der Waals surface area contributed by atoms with E-state index in [0.717, 1.165) is 16.7 Å². The molecule has 0 saturated carbocycles. The normalized spacial score (nSPS) is 16.8. The largest absolute Gasteiger partial charge is 0.405 e. The van der Waals surface area contributed by atoms with E-state index in [-0.39, 0.29) is 24.1 Å². The van der Waals surface area contributed by atoms with Crippen LogP contribution < -0.4 is 16.3 Å². The average Bonchev–Trinajstić information content (AvgIpc) is 3.27. The molecule has 1 aliphatic rings. The number of hydrogen-bond acceptors (Lipinski definition) is 4. The van der Waals surface area contributed by atoms with Gasteiger partial charge in [-0.05, 0) is 43.8 Å². The van der Waals surface area contributed by atoms with Crippen LogP contribution in [0, 0.1) is 6.92 Å². The smallest absolute Gasteiger partial charge is 0.295 e. The van der Waals surface area contributed by atoms with Gasteiger partial charge in [-0.2, -0.15) is 0 Å². The lowest BCUT2D eigenvalue weighted by atomic mass is 10.0. The summed E-state index contributed by atoms with van der Waals surface area (Å²) < 4.78 is 0. The van der Waals surface area contributed by atoms with E-state index >= 15 is 0 Å². The third-order valence-corrected chi connectivity index (χ3v) is 6.52. The summed E-state index contributed by atoms with van der Waals surface area (Å²) in [7, 11) is 0. The molecule has 7 nitrogen and oxygen atoms in total. The Kier molecular flexibility index (Phi) is 7.20. The zero-order chi connectivity index (χ0) is 25.8. The fourth-order valence-electron chi connectivity index (χ4n) is 4.50. The summed E-state index contributed by atoms with van der Waals surface area (Å²) >= 11 is 0. The Hall–Kier alpha value is -4.39. The summed E-state index contributed by atoms with van der Waals surface area (Å²) in [6.07, 6.45) is 4.70. The number of ketones is 1. The van der Waals surface area contributed by atoms with Gasteiger partial charge in [-0.1, -0.05) is 54.6 Å². The Morgan fingerprint density at radius 1 is 1.03 bits per heavy atom. The van der Waals surface area contributed by atoms with Crippen LogP contribution in [0.4, 0.5) is 0 Å². The fraction of sp³-hybridized carbons (Fsp3) is 0.207. The van der Waals surface area contributed by atoms with Crippen molar-refractivity contribution in [2.24, 2.45) is 5.73 Å². The molecule has 4 rings (SSSR count). The summed E-state index contributed by atoms with van der Waals surface area (Å²) in [6.45, 7) is 8.94. The standard InChI is InChI=1S/C29H30N4O3/c1-19-9-11-22(12-10-19)24(13-14-30)26-21(3)25(17-31-26)27(34)29(36)33-16-15-32(18-20(33)2)28(35)23-7-5-4-6-8-23/h4-14,17,20,31H,3,15-16,18,30H2,1-2H3/b14-13-,26-24-/t20-/m0/s1. The lowest BCUT2D eigenvalue weighted by Gasteiger charge is -2.39. The topological polar surface area (TPSA) is 99.5 Å². The van der Waals surface area contributed by atoms with E-state index in [1.54, 1.807) is 23.1 Å². The number of amides is 2. The van der Waals surface area contributed by atoms with Crippen molar-refractivity contribution in [2.75, 3.05) is 19.6 Å². The number of nitrogens with zero attached hydrogens (tertiary/aromatic N) is 2. The van der Waals surface area contributed by atoms with Crippen molar-refractivity contribution in [1.82, 2.24) is 14.8 Å². The number of aromatic amines is 1. The molecule has 184 valence electrons. The Balaban J connectivity index is 1.56. The van der Waals surface area contributed by atoms with Gasteiger partial charge in [0, 0.05) is 48.2 Å². The van der Waals surface area contributed by atoms with Gasteiger partial charge in [0.05, 0.1) is 10.9 Å². The van der Waals surface area contributed by atoms with Crippen LogP contribution in [0.2, 0.25) is 0 Å². The highest BCUT2D eigenvalue weighted by molar-refractivity contribution is 6.42. The van der Waals surface area contributed by atoms with Gasteiger partial charge in [-0.3, -0.25) is 14.4 Å². The van der Waals surface area contributed by atoms with Crippen molar-refractivity contribution in [3.05, 3.63) is 106 Å². The van der Waals surface area contributed by atoms with E-state index in [1.165, 1.54) is 17.3 Å². The van der Waals surface area contributed by atoms with Crippen molar-refractivity contribution in [2.45, 2.75) is 19.9 Å². The number of rotatable bonds is 5. The van der Waals surface area contributed by atoms with Crippen molar-refractivity contribution < 1.29 is 14.4 Å². The van der Waals surface area contributed by atoms with Gasteiger partial charge in [-0.15, -0.1) is 0 Å². The van der Waals surface area contributed by atoms with Crippen LogP contribution in [0.25, 0.3) is 12.2 Å². The highest BCUT2D eigenvalue weighted by Crippen LogP contribution is 2.16. The number of nitrogens with two attached hydrogens (primary N) is 1. The minimum atomic E-state index is -0.628. The number of allylic oxidation sites excluding steroid dienone is 1. The van der Waals surface area contributed by atoms with Gasteiger partial charge in [0.25, 0.3) is 17.6 Å². The molecule has 0 bridgehead atoms. The lowest BCUT2D eigenvalue weighted by Crippen LogP contribution is -2.57. The van der Waals surface area contributed by atoms with E-state index in [0.29, 0.717) is 29.2 Å². The van der Waals surface area contributed by atoms with Crippen LogP contribution in [0.15, 0.2) is 73.1 Å². The molecule has 3 aromatic rings. The maximum Gasteiger partial charge on any atom is 0.295 e. The monoisotopic (exact) mass is 482 g/mol. The predicted molar refractivity (Wildman–Crippen MR) is 140 cm³/mol. The molecule has 2 amide bonds. The molecule has 1 atom stereocenters. The quantitative estimate of drug-likeness (QED) is 0.429. The highest BCUT2D eigenvalue weighted by Gasteiger charge is 2.34. The molecule has 2 aromatic carbocycles. The summed E-state index contributed by atoms with van der Waals surface area (Å²) in [5.41, 5.74) is 9.32. The number of aromatic nitrogens is 1. The Labute approximate surface area is 210 Å². The number of Topliss-reactive ketones (excluding diaryl/α,β-unsaturated/α-hetero) is 1. The van der Waals surface area contributed by atoms with E-state index in [4.69, 9.17) is 5.73 Å². The molecule has 7 heteroatoms. The lowest BCUT2D eigenvalue weighted by molar-refractivity contribution is -0.130. The summed E-state index contributed by atoms with van der Waals surface area (Å²) in [5.74, 6) is -1.31. The van der Waals surface area contributed by atoms with Gasteiger partial charge >= 0.3 is 0 Å². The van der Waals surface area contributed by atoms with E-state index in [1.807, 2.05) is 56.3 Å². The zero-order valence-corrected chi connectivity index (χ0v) is 20.5. The van der Waals surface area contributed by atoms with Gasteiger partial charge in [0.2, 0.25) is 0 Å². The van der Waals surface area contributed by atoms with E-state index in [2.05, 4.69) is 11.6 Å². The molecule has 1 fully saturated rings. The number of aryl methyl sites for hydroxylation is 1. The first-order valence-electron chi connectivity index (χ1n) is 11.9. The molecule has 0 radical (unpaired) electrons. The molecular formula is C29H30N4O3. The van der Waals surface area contributed by atoms with Crippen LogP contribution in [0.3, 0.4) is 0 Å². The van der Waals surface area contributed by atoms with Gasteiger partial charge in [-0.25, -0.2) is 0 Å². The number of benzene rings is 2. The number of carbonyl (C=O) groups excluding carboxylic acids is 3. The summed E-state index contributed by atoms with van der Waals surface area (Å²) in [5, 5.41) is 1.07. The molecular weight excluding hydrogens is 452 g/mol. The van der Waals surface area contributed by atoms with Crippen LogP contribution in [-0.4, -0.2) is 58.1 Å². The third kappa shape index (κ3) is 4.86. The van der Waals surface area contributed by atoms with Crippen LogP contribution in [-0.2, 0) is 4.79 Å². The summed E-state index contributed by atoms with van der Waals surface area (Å²) in [6, 6.07) is 16.7. The summed E-state index contributed by atoms with van der Waals surface area (Å²) in [4.78, 5) is 45.6. The minimum Gasteiger partial charge on any atom is -0.405 e. The van der Waals surface area contributed by atoms with Crippen LogP contribution in [0.5, 0.6) is 0 Å². The SMILES string of the molecule is C=c1c(C(=O)C(=O)N2CCN(C(=O)c3ccccc3)C[C@@H]2C)c[nH]/c1=C(/C=C\N)c1ccc(C)cc1. The molecule has 0 aliphatic carbocycles. The number of piperazine rings is 1. The molecule has 0 unspecified atom stereocenters. The third-order valence-electron chi connectivity index (χ3n) is 6.52. The van der Waals surface area contributed by atoms with Gasteiger partial charge < -0.3 is 20.5 Å². The second-order valence-corrected chi connectivity index (χ2v) is 8.99. The second-order valence-electron chi connectivity index (χ2n) is 8.99. The second kappa shape index (κ2) is 10.5. The highest BCUT2D eigenvalue weighted by atomic mass is 16.2. The molecule has 36 heavy (non-hydrogen) atoms. The number of H-pyrrole nitrogens is 1. The van der Waals surface area contributed by atoms with Crippen molar-refractivity contribution >= 4 is 29.7 Å². The molecule has 0 spiro atoms.